The first-order valence-electron chi connectivity index (χ1n) is 9.34. The fraction of sp³-hybridized carbons (Fsp3) is 0.381. The van der Waals surface area contributed by atoms with E-state index in [1.807, 2.05) is 29.2 Å². The van der Waals surface area contributed by atoms with E-state index in [0.717, 1.165) is 24.4 Å². The molecule has 1 aliphatic rings. The lowest BCUT2D eigenvalue weighted by molar-refractivity contribution is 0.0746. The van der Waals surface area contributed by atoms with Crippen LogP contribution < -0.4 is 9.64 Å². The van der Waals surface area contributed by atoms with Crippen LogP contribution in [0.1, 0.15) is 35.7 Å². The predicted molar refractivity (Wildman–Crippen MR) is 104 cm³/mol. The Kier molecular flexibility index (Phi) is 6.26. The van der Waals surface area contributed by atoms with Crippen LogP contribution in [0.2, 0.25) is 0 Å². The highest BCUT2D eigenvalue weighted by Crippen LogP contribution is 2.18. The number of piperazine rings is 1. The Balaban J connectivity index is 1.56. The minimum atomic E-state index is 0.0356. The van der Waals surface area contributed by atoms with Crippen LogP contribution >= 0.6 is 0 Å². The average molecular weight is 364 g/mol. The maximum Gasteiger partial charge on any atom is 0.253 e. The van der Waals surface area contributed by atoms with Crippen molar-refractivity contribution in [3.63, 3.8) is 0 Å². The lowest BCUT2D eigenvalue weighted by Gasteiger charge is -2.35. The number of pyridine rings is 1. The van der Waals surface area contributed by atoms with Gasteiger partial charge in [0.1, 0.15) is 11.6 Å². The number of aromatic nitrogens is 1. The van der Waals surface area contributed by atoms with Crippen LogP contribution in [-0.4, -0.2) is 48.6 Å². The second-order valence-electron chi connectivity index (χ2n) is 6.52. The summed E-state index contributed by atoms with van der Waals surface area (Å²) >= 11 is 0. The first kappa shape index (κ1) is 18.7. The zero-order valence-electron chi connectivity index (χ0n) is 15.6. The van der Waals surface area contributed by atoms with Crippen LogP contribution in [0.3, 0.4) is 0 Å². The van der Waals surface area contributed by atoms with Gasteiger partial charge in [-0.15, -0.1) is 0 Å². The third-order valence-corrected chi connectivity index (χ3v) is 4.63. The molecule has 6 heteroatoms. The molecule has 2 heterocycles. The second-order valence-corrected chi connectivity index (χ2v) is 6.52. The van der Waals surface area contributed by atoms with Crippen LogP contribution in [0.25, 0.3) is 0 Å². The number of benzene rings is 1. The second kappa shape index (κ2) is 9.04. The van der Waals surface area contributed by atoms with Crippen molar-refractivity contribution < 1.29 is 9.53 Å². The predicted octanol–water partition coefficient (Wildman–Crippen LogP) is 3.09. The highest BCUT2D eigenvalue weighted by Gasteiger charge is 2.23. The Morgan fingerprint density at radius 1 is 1.19 bits per heavy atom. The zero-order valence-corrected chi connectivity index (χ0v) is 15.6. The van der Waals surface area contributed by atoms with Crippen molar-refractivity contribution in [2.45, 2.75) is 19.8 Å². The average Bonchev–Trinajstić information content (AvgIpc) is 2.74. The molecule has 0 aliphatic carbocycles. The standard InChI is InChI=1S/C21H24N4O2/c1-2-3-14-27-19-6-4-18(5-7-19)21(26)25-12-10-24(11-13-25)20-15-17(16-22)8-9-23-20/h4-9,15H,2-3,10-14H2,1H3. The van der Waals surface area contributed by atoms with E-state index in [1.165, 1.54) is 0 Å². The van der Waals surface area contributed by atoms with E-state index in [1.54, 1.807) is 18.3 Å². The van der Waals surface area contributed by atoms with E-state index in [2.05, 4.69) is 22.9 Å². The Labute approximate surface area is 160 Å². The van der Waals surface area contributed by atoms with Crippen LogP contribution in [-0.2, 0) is 0 Å². The van der Waals surface area contributed by atoms with Crippen molar-refractivity contribution in [3.05, 3.63) is 53.7 Å². The number of hydrogen-bond acceptors (Lipinski definition) is 5. The zero-order chi connectivity index (χ0) is 19.1. The number of nitriles is 1. The summed E-state index contributed by atoms with van der Waals surface area (Å²) in [6.07, 6.45) is 3.77. The summed E-state index contributed by atoms with van der Waals surface area (Å²) in [4.78, 5) is 21.0. The topological polar surface area (TPSA) is 69.5 Å². The van der Waals surface area contributed by atoms with Gasteiger partial charge in [0.05, 0.1) is 18.2 Å². The molecule has 2 aromatic rings. The maximum atomic E-state index is 12.7. The van der Waals surface area contributed by atoms with Crippen molar-refractivity contribution in [1.82, 2.24) is 9.88 Å². The van der Waals surface area contributed by atoms with Gasteiger partial charge < -0.3 is 14.5 Å². The quantitative estimate of drug-likeness (QED) is 0.737. The maximum absolute atomic E-state index is 12.7. The molecule has 3 rings (SSSR count). The van der Waals surface area contributed by atoms with E-state index in [0.29, 0.717) is 43.9 Å². The van der Waals surface area contributed by atoms with E-state index in [4.69, 9.17) is 10.00 Å². The minimum Gasteiger partial charge on any atom is -0.494 e. The molecule has 0 N–H and O–H groups in total. The first-order chi connectivity index (χ1) is 13.2. The molecule has 6 nitrogen and oxygen atoms in total. The van der Waals surface area contributed by atoms with E-state index in [9.17, 15) is 4.79 Å². The molecule has 1 saturated heterocycles. The first-order valence-corrected chi connectivity index (χ1v) is 9.34. The van der Waals surface area contributed by atoms with Gasteiger partial charge in [-0.05, 0) is 42.8 Å². The van der Waals surface area contributed by atoms with Crippen LogP contribution in [0.5, 0.6) is 5.75 Å². The number of carbonyl (C=O) groups is 1. The van der Waals surface area contributed by atoms with Crippen LogP contribution in [0.4, 0.5) is 5.82 Å². The fourth-order valence-electron chi connectivity index (χ4n) is 3.01. The van der Waals surface area contributed by atoms with Crippen molar-refractivity contribution in [1.29, 1.82) is 5.26 Å². The van der Waals surface area contributed by atoms with Gasteiger partial charge in [-0.3, -0.25) is 4.79 Å². The SMILES string of the molecule is CCCCOc1ccc(C(=O)N2CCN(c3cc(C#N)ccn3)CC2)cc1. The number of carbonyl (C=O) groups excluding carboxylic acids is 1. The molecule has 0 atom stereocenters. The molecule has 27 heavy (non-hydrogen) atoms. The van der Waals surface area contributed by atoms with Crippen molar-refractivity contribution in [2.75, 3.05) is 37.7 Å². The lowest BCUT2D eigenvalue weighted by atomic mass is 10.1. The summed E-state index contributed by atoms with van der Waals surface area (Å²) in [5.41, 5.74) is 1.27. The Hall–Kier alpha value is -3.07. The summed E-state index contributed by atoms with van der Waals surface area (Å²) in [5, 5.41) is 9.02. The van der Waals surface area contributed by atoms with Crippen LogP contribution in [0.15, 0.2) is 42.6 Å². The molecule has 0 unspecified atom stereocenters. The number of hydrogen-bond donors (Lipinski definition) is 0. The number of amides is 1. The third-order valence-electron chi connectivity index (χ3n) is 4.63. The Bertz CT molecular complexity index is 806. The molecular weight excluding hydrogens is 340 g/mol. The van der Waals surface area contributed by atoms with Gasteiger partial charge >= 0.3 is 0 Å². The van der Waals surface area contributed by atoms with Crippen LogP contribution in [0, 0.1) is 11.3 Å². The molecule has 1 amide bonds. The van der Waals surface area contributed by atoms with Crippen molar-refractivity contribution >= 4 is 11.7 Å². The van der Waals surface area contributed by atoms with Crippen molar-refractivity contribution in [3.8, 4) is 11.8 Å². The normalized spacial score (nSPS) is 13.9. The third kappa shape index (κ3) is 4.76. The van der Waals surface area contributed by atoms with Gasteiger partial charge in [0.2, 0.25) is 0 Å². The molecule has 0 bridgehead atoms. The largest absolute Gasteiger partial charge is 0.494 e. The number of rotatable bonds is 6. The van der Waals surface area contributed by atoms with Gasteiger partial charge in [0, 0.05) is 37.9 Å². The van der Waals surface area contributed by atoms with Gasteiger partial charge in [-0.25, -0.2) is 4.98 Å². The lowest BCUT2D eigenvalue weighted by Crippen LogP contribution is -2.49. The number of unbranched alkanes of at least 4 members (excludes halogenated alkanes) is 1. The Morgan fingerprint density at radius 3 is 2.59 bits per heavy atom. The summed E-state index contributed by atoms with van der Waals surface area (Å²) in [6, 6.07) is 13.0. The van der Waals surface area contributed by atoms with E-state index >= 15 is 0 Å². The molecular formula is C21H24N4O2. The van der Waals surface area contributed by atoms with E-state index < -0.39 is 0 Å². The number of anilines is 1. The van der Waals surface area contributed by atoms with Gasteiger partial charge in [-0.1, -0.05) is 13.3 Å². The smallest absolute Gasteiger partial charge is 0.253 e. The number of ether oxygens (including phenoxy) is 1. The molecule has 0 radical (unpaired) electrons. The molecule has 1 fully saturated rings. The highest BCUT2D eigenvalue weighted by atomic mass is 16.5. The summed E-state index contributed by atoms with van der Waals surface area (Å²) in [5.74, 6) is 1.62. The molecule has 140 valence electrons. The summed E-state index contributed by atoms with van der Waals surface area (Å²) < 4.78 is 5.65. The number of nitrogens with zero attached hydrogens (tertiary/aromatic N) is 4. The molecule has 1 aliphatic heterocycles. The fourth-order valence-corrected chi connectivity index (χ4v) is 3.01. The van der Waals surface area contributed by atoms with Gasteiger partial charge in [-0.2, -0.15) is 5.26 Å². The van der Waals surface area contributed by atoms with Gasteiger partial charge in [0.25, 0.3) is 5.91 Å². The van der Waals surface area contributed by atoms with Gasteiger partial charge in [0.15, 0.2) is 0 Å². The molecule has 0 spiro atoms. The Morgan fingerprint density at radius 2 is 1.93 bits per heavy atom. The summed E-state index contributed by atoms with van der Waals surface area (Å²) in [6.45, 7) is 5.49. The summed E-state index contributed by atoms with van der Waals surface area (Å²) in [7, 11) is 0. The van der Waals surface area contributed by atoms with E-state index in [-0.39, 0.29) is 5.91 Å². The monoisotopic (exact) mass is 364 g/mol. The molecule has 1 aromatic carbocycles. The van der Waals surface area contributed by atoms with Crippen molar-refractivity contribution in [2.24, 2.45) is 0 Å². The minimum absolute atomic E-state index is 0.0356. The molecule has 1 aromatic heterocycles. The molecule has 0 saturated carbocycles. The highest BCUT2D eigenvalue weighted by molar-refractivity contribution is 5.94.